The Kier molecular flexibility index (Phi) is 3.51. The van der Waals surface area contributed by atoms with Crippen molar-refractivity contribution in [3.05, 3.63) is 58.1 Å². The third kappa shape index (κ3) is 2.38. The minimum Gasteiger partial charge on any atom is -0.504 e. The molecular weight excluding hydrogens is 290 g/mol. The van der Waals surface area contributed by atoms with Crippen LogP contribution in [0, 0.1) is 0 Å². The molecule has 1 unspecified atom stereocenters. The zero-order valence-corrected chi connectivity index (χ0v) is 13.2. The lowest BCUT2D eigenvalue weighted by Crippen LogP contribution is -2.39. The third-order valence-corrected chi connectivity index (χ3v) is 5.15. The molecule has 0 bridgehead atoms. The molecule has 0 amide bonds. The van der Waals surface area contributed by atoms with Crippen LogP contribution in [0.25, 0.3) is 0 Å². The summed E-state index contributed by atoms with van der Waals surface area (Å²) in [5.74, 6) is 0.763. The summed E-state index contributed by atoms with van der Waals surface area (Å²) in [5.41, 5.74) is 6.12. The summed E-state index contributed by atoms with van der Waals surface area (Å²) in [6, 6.07) is 10.5. The monoisotopic (exact) mass is 311 g/mol. The second-order valence-electron chi connectivity index (χ2n) is 6.42. The van der Waals surface area contributed by atoms with Gasteiger partial charge in [0.1, 0.15) is 0 Å². The lowest BCUT2D eigenvalue weighted by Gasteiger charge is -2.41. The molecule has 0 saturated carbocycles. The third-order valence-electron chi connectivity index (χ3n) is 5.15. The fraction of sp³-hybridized carbons (Fsp3) is 0.368. The molecule has 4 heteroatoms. The van der Waals surface area contributed by atoms with Gasteiger partial charge in [0.25, 0.3) is 0 Å². The summed E-state index contributed by atoms with van der Waals surface area (Å²) in [4.78, 5) is 2.50. The fourth-order valence-corrected chi connectivity index (χ4v) is 3.93. The number of nitrogens with zero attached hydrogens (tertiary/aromatic N) is 1. The molecule has 2 aliphatic heterocycles. The Hall–Kier alpha value is -2.04. The van der Waals surface area contributed by atoms with Crippen molar-refractivity contribution in [3.63, 3.8) is 0 Å². The van der Waals surface area contributed by atoms with Crippen molar-refractivity contribution < 1.29 is 14.9 Å². The predicted octanol–water partition coefficient (Wildman–Crippen LogP) is 2.55. The SMILES string of the molecule is COc1cc2c(cc1O)CC1c3ccc(CO)cc3CCN1C2. The van der Waals surface area contributed by atoms with Gasteiger partial charge < -0.3 is 14.9 Å². The predicted molar refractivity (Wildman–Crippen MR) is 87.6 cm³/mol. The first-order valence-electron chi connectivity index (χ1n) is 8.05. The Morgan fingerprint density at radius 1 is 1.17 bits per heavy atom. The number of methoxy groups -OCH3 is 1. The molecule has 4 nitrogen and oxygen atoms in total. The number of rotatable bonds is 2. The molecule has 2 aromatic carbocycles. The van der Waals surface area contributed by atoms with E-state index in [0.29, 0.717) is 11.8 Å². The Balaban J connectivity index is 1.72. The van der Waals surface area contributed by atoms with Crippen LogP contribution in [0.5, 0.6) is 11.5 Å². The van der Waals surface area contributed by atoms with Crippen molar-refractivity contribution in [1.82, 2.24) is 4.90 Å². The van der Waals surface area contributed by atoms with E-state index in [9.17, 15) is 10.2 Å². The number of fused-ring (bicyclic) bond motifs is 4. The molecule has 0 aromatic heterocycles. The molecule has 120 valence electrons. The van der Waals surface area contributed by atoms with Gasteiger partial charge in [0.15, 0.2) is 11.5 Å². The number of aliphatic hydroxyl groups is 1. The van der Waals surface area contributed by atoms with Crippen LogP contribution in [0.4, 0.5) is 0 Å². The molecule has 2 aromatic rings. The molecule has 2 N–H and O–H groups in total. The van der Waals surface area contributed by atoms with Crippen LogP contribution in [-0.4, -0.2) is 28.8 Å². The molecule has 4 rings (SSSR count). The summed E-state index contributed by atoms with van der Waals surface area (Å²) in [5, 5.41) is 19.4. The van der Waals surface area contributed by atoms with Gasteiger partial charge in [-0.05, 0) is 52.8 Å². The summed E-state index contributed by atoms with van der Waals surface area (Å²) < 4.78 is 5.24. The van der Waals surface area contributed by atoms with Crippen LogP contribution in [0.15, 0.2) is 30.3 Å². The number of phenols is 1. The second kappa shape index (κ2) is 5.55. The van der Waals surface area contributed by atoms with Gasteiger partial charge >= 0.3 is 0 Å². The topological polar surface area (TPSA) is 52.9 Å². The van der Waals surface area contributed by atoms with Crippen molar-refractivity contribution in [3.8, 4) is 11.5 Å². The summed E-state index contributed by atoms with van der Waals surface area (Å²) in [6.07, 6.45) is 1.92. The fourth-order valence-electron chi connectivity index (χ4n) is 3.93. The highest BCUT2D eigenvalue weighted by Crippen LogP contribution is 2.41. The van der Waals surface area contributed by atoms with Crippen LogP contribution < -0.4 is 4.74 Å². The van der Waals surface area contributed by atoms with Crippen molar-refractivity contribution in [2.75, 3.05) is 13.7 Å². The van der Waals surface area contributed by atoms with E-state index >= 15 is 0 Å². The van der Waals surface area contributed by atoms with Crippen molar-refractivity contribution in [2.24, 2.45) is 0 Å². The average Bonchev–Trinajstić information content (AvgIpc) is 2.59. The molecule has 0 aliphatic carbocycles. The molecule has 1 atom stereocenters. The lowest BCUT2D eigenvalue weighted by atomic mass is 9.83. The lowest BCUT2D eigenvalue weighted by molar-refractivity contribution is 0.160. The van der Waals surface area contributed by atoms with Crippen LogP contribution >= 0.6 is 0 Å². The Bertz CT molecular complexity index is 757. The van der Waals surface area contributed by atoms with Gasteiger partial charge in [0, 0.05) is 19.1 Å². The van der Waals surface area contributed by atoms with Gasteiger partial charge in [0.2, 0.25) is 0 Å². The van der Waals surface area contributed by atoms with E-state index in [1.807, 2.05) is 18.2 Å². The van der Waals surface area contributed by atoms with Crippen LogP contribution in [0.2, 0.25) is 0 Å². The molecule has 2 heterocycles. The quantitative estimate of drug-likeness (QED) is 0.895. The number of aliphatic hydroxyl groups excluding tert-OH is 1. The second-order valence-corrected chi connectivity index (χ2v) is 6.42. The molecule has 23 heavy (non-hydrogen) atoms. The Labute approximate surface area is 135 Å². The van der Waals surface area contributed by atoms with E-state index in [2.05, 4.69) is 17.0 Å². The van der Waals surface area contributed by atoms with E-state index in [4.69, 9.17) is 4.74 Å². The molecule has 0 saturated heterocycles. The van der Waals surface area contributed by atoms with Gasteiger partial charge in [-0.15, -0.1) is 0 Å². The first-order chi connectivity index (χ1) is 11.2. The Morgan fingerprint density at radius 3 is 2.83 bits per heavy atom. The number of benzene rings is 2. The Morgan fingerprint density at radius 2 is 2.04 bits per heavy atom. The minimum absolute atomic E-state index is 0.0954. The maximum absolute atomic E-state index is 10.1. The zero-order chi connectivity index (χ0) is 16.0. The number of aromatic hydroxyl groups is 1. The number of hydrogen-bond donors (Lipinski definition) is 2. The average molecular weight is 311 g/mol. The summed E-state index contributed by atoms with van der Waals surface area (Å²) in [7, 11) is 1.59. The van der Waals surface area contributed by atoms with Gasteiger partial charge in [0.05, 0.1) is 13.7 Å². The maximum Gasteiger partial charge on any atom is 0.160 e. The molecule has 0 fully saturated rings. The highest BCUT2D eigenvalue weighted by Gasteiger charge is 2.32. The first kappa shape index (κ1) is 14.5. The van der Waals surface area contributed by atoms with Gasteiger partial charge in [-0.1, -0.05) is 18.2 Å². The van der Waals surface area contributed by atoms with Crippen molar-refractivity contribution >= 4 is 0 Å². The first-order valence-corrected chi connectivity index (χ1v) is 8.05. The summed E-state index contributed by atoms with van der Waals surface area (Å²) in [6.45, 7) is 2.01. The largest absolute Gasteiger partial charge is 0.504 e. The summed E-state index contributed by atoms with van der Waals surface area (Å²) >= 11 is 0. The molecule has 0 spiro atoms. The molecule has 0 radical (unpaired) electrons. The normalized spacial score (nSPS) is 19.7. The molecular formula is C19H21NO3. The number of hydrogen-bond acceptors (Lipinski definition) is 4. The van der Waals surface area contributed by atoms with E-state index < -0.39 is 0 Å². The highest BCUT2D eigenvalue weighted by atomic mass is 16.5. The van der Waals surface area contributed by atoms with E-state index in [1.165, 1.54) is 22.3 Å². The number of ether oxygens (including phenoxy) is 1. The molecule has 2 aliphatic rings. The van der Waals surface area contributed by atoms with Crippen LogP contribution in [0.3, 0.4) is 0 Å². The standard InChI is InChI=1S/C19H21NO3/c1-23-19-9-15-10-20-5-4-13-6-12(11-21)2-3-16(13)17(20)7-14(15)8-18(19)22/h2-3,6,8-9,17,21-22H,4-5,7,10-11H2,1H3. The van der Waals surface area contributed by atoms with E-state index in [1.54, 1.807) is 7.11 Å². The zero-order valence-electron chi connectivity index (χ0n) is 13.2. The van der Waals surface area contributed by atoms with Crippen LogP contribution in [0.1, 0.15) is 33.9 Å². The maximum atomic E-state index is 10.1. The number of phenolic OH excluding ortho intramolecular Hbond substituents is 1. The van der Waals surface area contributed by atoms with E-state index in [-0.39, 0.29) is 12.4 Å². The minimum atomic E-state index is 0.0954. The van der Waals surface area contributed by atoms with Crippen molar-refractivity contribution in [1.29, 1.82) is 0 Å². The smallest absolute Gasteiger partial charge is 0.160 e. The van der Waals surface area contributed by atoms with Gasteiger partial charge in [-0.3, -0.25) is 4.90 Å². The highest BCUT2D eigenvalue weighted by molar-refractivity contribution is 5.49. The van der Waals surface area contributed by atoms with E-state index in [0.717, 1.165) is 31.5 Å². The van der Waals surface area contributed by atoms with Gasteiger partial charge in [-0.2, -0.15) is 0 Å². The van der Waals surface area contributed by atoms with Crippen LogP contribution in [-0.2, 0) is 26.0 Å². The van der Waals surface area contributed by atoms with Gasteiger partial charge in [-0.25, -0.2) is 0 Å². The van der Waals surface area contributed by atoms with Crippen molar-refractivity contribution in [2.45, 2.75) is 32.0 Å².